The minimum absolute atomic E-state index is 0.505. The van der Waals surface area contributed by atoms with Crippen molar-refractivity contribution in [3.05, 3.63) is 97.1 Å². The van der Waals surface area contributed by atoms with Gasteiger partial charge in [0.05, 0.1) is 0 Å². The highest BCUT2D eigenvalue weighted by Crippen LogP contribution is 2.29. The van der Waals surface area contributed by atoms with E-state index in [-0.39, 0.29) is 0 Å². The summed E-state index contributed by atoms with van der Waals surface area (Å²) >= 11 is 0. The molecule has 0 heterocycles. The van der Waals surface area contributed by atoms with Gasteiger partial charge >= 0.3 is 12.2 Å². The lowest BCUT2D eigenvalue weighted by Gasteiger charge is -2.19. The summed E-state index contributed by atoms with van der Waals surface area (Å²) in [5.74, 6) is 2.67. The molecule has 0 aliphatic carbocycles. The average molecular weight is 569 g/mol. The summed E-state index contributed by atoms with van der Waals surface area (Å²) in [4.78, 5) is 23.9. The van der Waals surface area contributed by atoms with E-state index in [2.05, 4.69) is 10.6 Å². The summed E-state index contributed by atoms with van der Waals surface area (Å²) in [5.41, 5.74) is 2.17. The Kier molecular flexibility index (Phi) is 9.06. The van der Waals surface area contributed by atoms with Crippen LogP contribution >= 0.6 is 0 Å². The molecule has 0 aliphatic heterocycles. The van der Waals surface area contributed by atoms with Gasteiger partial charge in [-0.2, -0.15) is 0 Å². The SMILES string of the molecule is CC(C)(C)OC(=O)Nc1ccc(Oc2ccc(-c3ccc(Oc4ccc(NC(=O)OC(C)(C)C)cc4)cc3)cc2)cc1. The van der Waals surface area contributed by atoms with Gasteiger partial charge in [-0.15, -0.1) is 0 Å². The maximum absolute atomic E-state index is 11.9. The molecular formula is C34H36N2O6. The van der Waals surface area contributed by atoms with Gasteiger partial charge in [0.15, 0.2) is 0 Å². The second-order valence-electron chi connectivity index (χ2n) is 11.6. The molecule has 0 unspecified atom stereocenters. The number of hydrogen-bond donors (Lipinski definition) is 2. The van der Waals surface area contributed by atoms with Crippen LogP contribution in [0.5, 0.6) is 23.0 Å². The average Bonchev–Trinajstić information content (AvgIpc) is 2.90. The fraction of sp³-hybridized carbons (Fsp3) is 0.235. The van der Waals surface area contributed by atoms with E-state index in [9.17, 15) is 9.59 Å². The molecule has 42 heavy (non-hydrogen) atoms. The number of hydrogen-bond acceptors (Lipinski definition) is 6. The zero-order chi connectivity index (χ0) is 30.3. The monoisotopic (exact) mass is 568 g/mol. The Morgan fingerprint density at radius 2 is 0.714 bits per heavy atom. The molecular weight excluding hydrogens is 532 g/mol. The molecule has 218 valence electrons. The second-order valence-corrected chi connectivity index (χ2v) is 11.6. The Bertz CT molecular complexity index is 1370. The van der Waals surface area contributed by atoms with E-state index in [1.54, 1.807) is 48.5 Å². The predicted octanol–water partition coefficient (Wildman–Crippen LogP) is 9.63. The van der Waals surface area contributed by atoms with Gasteiger partial charge in [-0.3, -0.25) is 10.6 Å². The number of anilines is 2. The fourth-order valence-corrected chi connectivity index (χ4v) is 3.76. The lowest BCUT2D eigenvalue weighted by molar-refractivity contribution is 0.0624. The van der Waals surface area contributed by atoms with Gasteiger partial charge in [0.2, 0.25) is 0 Å². The minimum Gasteiger partial charge on any atom is -0.457 e. The van der Waals surface area contributed by atoms with Crippen LogP contribution in [0.2, 0.25) is 0 Å². The van der Waals surface area contributed by atoms with Crippen molar-refractivity contribution < 1.29 is 28.5 Å². The van der Waals surface area contributed by atoms with Crippen LogP contribution in [0.15, 0.2) is 97.1 Å². The number of carbonyl (C=O) groups excluding carboxylic acids is 2. The molecule has 0 saturated heterocycles. The number of amides is 2. The van der Waals surface area contributed by atoms with Crippen molar-refractivity contribution in [2.45, 2.75) is 52.7 Å². The van der Waals surface area contributed by atoms with Gasteiger partial charge in [-0.1, -0.05) is 24.3 Å². The smallest absolute Gasteiger partial charge is 0.412 e. The second kappa shape index (κ2) is 12.7. The maximum atomic E-state index is 11.9. The van der Waals surface area contributed by atoms with Crippen molar-refractivity contribution in [1.29, 1.82) is 0 Å². The summed E-state index contributed by atoms with van der Waals surface area (Å²) in [6, 6.07) is 29.7. The molecule has 4 aromatic carbocycles. The van der Waals surface area contributed by atoms with Gasteiger partial charge in [-0.25, -0.2) is 9.59 Å². The molecule has 8 heteroatoms. The summed E-state index contributed by atoms with van der Waals surface area (Å²) in [6.45, 7) is 10.9. The first-order valence-corrected chi connectivity index (χ1v) is 13.6. The maximum Gasteiger partial charge on any atom is 0.412 e. The molecule has 0 spiro atoms. The molecule has 0 atom stereocenters. The third kappa shape index (κ3) is 9.59. The van der Waals surface area contributed by atoms with Gasteiger partial charge < -0.3 is 18.9 Å². The van der Waals surface area contributed by atoms with Gasteiger partial charge in [0.25, 0.3) is 0 Å². The van der Waals surface area contributed by atoms with Crippen molar-refractivity contribution in [2.75, 3.05) is 10.6 Å². The first-order valence-electron chi connectivity index (χ1n) is 13.6. The van der Waals surface area contributed by atoms with Crippen LogP contribution in [0.25, 0.3) is 11.1 Å². The number of rotatable bonds is 7. The Morgan fingerprint density at radius 1 is 0.452 bits per heavy atom. The Morgan fingerprint density at radius 3 is 0.976 bits per heavy atom. The summed E-state index contributed by atoms with van der Waals surface area (Å²) in [5, 5.41) is 5.41. The predicted molar refractivity (Wildman–Crippen MR) is 165 cm³/mol. The molecule has 2 N–H and O–H groups in total. The molecule has 8 nitrogen and oxygen atoms in total. The normalized spacial score (nSPS) is 11.3. The standard InChI is InChI=1S/C34H36N2O6/c1-33(2,3)41-31(37)35-25-11-19-29(20-12-25)39-27-15-7-23(8-16-27)24-9-17-28(18-10-24)40-30-21-13-26(14-22-30)36-32(38)42-34(4,5)6/h7-22H,1-6H3,(H,35,37)(H,36,38). The van der Waals surface area contributed by atoms with Gasteiger partial charge in [0.1, 0.15) is 34.2 Å². The van der Waals surface area contributed by atoms with Crippen LogP contribution in [0.4, 0.5) is 21.0 Å². The molecule has 2 amide bonds. The van der Waals surface area contributed by atoms with E-state index < -0.39 is 23.4 Å². The largest absolute Gasteiger partial charge is 0.457 e. The molecule has 0 saturated carbocycles. The Labute approximate surface area is 246 Å². The van der Waals surface area contributed by atoms with Crippen LogP contribution in [-0.4, -0.2) is 23.4 Å². The zero-order valence-corrected chi connectivity index (χ0v) is 24.7. The van der Waals surface area contributed by atoms with E-state index in [0.717, 1.165) is 11.1 Å². The molecule has 0 aliphatic rings. The molecule has 0 bridgehead atoms. The summed E-state index contributed by atoms with van der Waals surface area (Å²) < 4.78 is 22.4. The third-order valence-electron chi connectivity index (χ3n) is 5.51. The number of ether oxygens (including phenoxy) is 4. The van der Waals surface area contributed by atoms with E-state index >= 15 is 0 Å². The number of nitrogens with one attached hydrogen (secondary N) is 2. The number of carbonyl (C=O) groups is 2. The highest BCUT2D eigenvalue weighted by atomic mass is 16.6. The molecule has 4 aromatic rings. The van der Waals surface area contributed by atoms with Gasteiger partial charge in [-0.05, 0) is 125 Å². The quantitative estimate of drug-likeness (QED) is 0.230. The van der Waals surface area contributed by atoms with Crippen molar-refractivity contribution in [3.63, 3.8) is 0 Å². The lowest BCUT2D eigenvalue weighted by Crippen LogP contribution is -2.27. The number of benzene rings is 4. The van der Waals surface area contributed by atoms with Crippen LogP contribution in [0.3, 0.4) is 0 Å². The Balaban J connectivity index is 1.29. The summed E-state index contributed by atoms with van der Waals surface area (Å²) in [6.07, 6.45) is -1.01. The van der Waals surface area contributed by atoms with E-state index in [1.807, 2.05) is 90.1 Å². The van der Waals surface area contributed by atoms with Crippen LogP contribution in [-0.2, 0) is 9.47 Å². The molecule has 0 radical (unpaired) electrons. The van der Waals surface area contributed by atoms with Crippen molar-refractivity contribution in [2.24, 2.45) is 0 Å². The van der Waals surface area contributed by atoms with Gasteiger partial charge in [0, 0.05) is 11.4 Å². The fourth-order valence-electron chi connectivity index (χ4n) is 3.76. The molecule has 0 aromatic heterocycles. The third-order valence-corrected chi connectivity index (χ3v) is 5.51. The van der Waals surface area contributed by atoms with E-state index in [4.69, 9.17) is 18.9 Å². The highest BCUT2D eigenvalue weighted by Gasteiger charge is 2.17. The summed E-state index contributed by atoms with van der Waals surface area (Å²) in [7, 11) is 0. The van der Waals surface area contributed by atoms with Crippen LogP contribution in [0.1, 0.15) is 41.5 Å². The van der Waals surface area contributed by atoms with Crippen LogP contribution in [0, 0.1) is 0 Å². The minimum atomic E-state index is -0.563. The molecule has 4 rings (SSSR count). The first kappa shape index (κ1) is 30.0. The van der Waals surface area contributed by atoms with E-state index in [1.165, 1.54) is 0 Å². The van der Waals surface area contributed by atoms with Crippen molar-refractivity contribution in [1.82, 2.24) is 0 Å². The highest BCUT2D eigenvalue weighted by molar-refractivity contribution is 5.85. The van der Waals surface area contributed by atoms with Crippen molar-refractivity contribution >= 4 is 23.6 Å². The van der Waals surface area contributed by atoms with Crippen molar-refractivity contribution in [3.8, 4) is 34.1 Å². The topological polar surface area (TPSA) is 95.1 Å². The first-order chi connectivity index (χ1) is 19.8. The van der Waals surface area contributed by atoms with E-state index in [0.29, 0.717) is 34.4 Å². The molecule has 0 fully saturated rings. The van der Waals surface area contributed by atoms with Crippen LogP contribution < -0.4 is 20.1 Å². The lowest BCUT2D eigenvalue weighted by atomic mass is 10.1. The Hall–Kier alpha value is -4.98. The zero-order valence-electron chi connectivity index (χ0n) is 24.7.